The molecular formula is C10H16N4O2. The molecule has 6 nitrogen and oxygen atoms in total. The molecule has 0 atom stereocenters. The van der Waals surface area contributed by atoms with Crippen LogP contribution in [0.2, 0.25) is 0 Å². The van der Waals surface area contributed by atoms with Gasteiger partial charge in [0.2, 0.25) is 5.95 Å². The number of nitrogens with zero attached hydrogens (tertiary/aromatic N) is 4. The quantitative estimate of drug-likeness (QED) is 0.729. The molecule has 2 rings (SSSR count). The van der Waals surface area contributed by atoms with Gasteiger partial charge in [-0.1, -0.05) is 0 Å². The van der Waals surface area contributed by atoms with Gasteiger partial charge in [-0.25, -0.2) is 4.98 Å². The summed E-state index contributed by atoms with van der Waals surface area (Å²) in [7, 11) is 1.54. The number of rotatable bonds is 2. The molecular weight excluding hydrogens is 208 g/mol. The fraction of sp³-hybridized carbons (Fsp3) is 0.700. The lowest BCUT2D eigenvalue weighted by atomic mass is 10.1. The summed E-state index contributed by atoms with van der Waals surface area (Å²) in [6, 6.07) is 0.342. The highest BCUT2D eigenvalue weighted by molar-refractivity contribution is 5.31. The second kappa shape index (κ2) is 4.21. The summed E-state index contributed by atoms with van der Waals surface area (Å²) in [5, 5.41) is 0. The Morgan fingerprint density at radius 1 is 1.44 bits per heavy atom. The third-order valence-corrected chi connectivity index (χ3v) is 2.43. The van der Waals surface area contributed by atoms with Gasteiger partial charge in [-0.3, -0.25) is 0 Å². The van der Waals surface area contributed by atoms with Gasteiger partial charge in [-0.05, 0) is 13.8 Å². The van der Waals surface area contributed by atoms with E-state index in [9.17, 15) is 0 Å². The van der Waals surface area contributed by atoms with E-state index in [-0.39, 0.29) is 5.60 Å². The van der Waals surface area contributed by atoms with Crippen LogP contribution < -0.4 is 9.64 Å². The van der Waals surface area contributed by atoms with Crippen LogP contribution in [-0.2, 0) is 4.74 Å². The third-order valence-electron chi connectivity index (χ3n) is 2.43. The van der Waals surface area contributed by atoms with E-state index in [0.29, 0.717) is 18.6 Å². The minimum absolute atomic E-state index is 0.169. The van der Waals surface area contributed by atoms with Crippen molar-refractivity contribution in [1.29, 1.82) is 0 Å². The molecule has 1 aliphatic rings. The molecule has 1 aliphatic heterocycles. The maximum Gasteiger partial charge on any atom is 0.320 e. The zero-order valence-electron chi connectivity index (χ0n) is 9.80. The fourth-order valence-corrected chi connectivity index (χ4v) is 1.71. The van der Waals surface area contributed by atoms with E-state index >= 15 is 0 Å². The van der Waals surface area contributed by atoms with E-state index in [2.05, 4.69) is 33.7 Å². The fourth-order valence-electron chi connectivity index (χ4n) is 1.71. The standard InChI is InChI=1S/C10H16N4O2/c1-10(2)6-14(4-5-16-10)8-11-7-12-9(13-8)15-3/h7H,4-6H2,1-3H3. The highest BCUT2D eigenvalue weighted by atomic mass is 16.5. The lowest BCUT2D eigenvalue weighted by molar-refractivity contribution is -0.0281. The van der Waals surface area contributed by atoms with Gasteiger partial charge < -0.3 is 14.4 Å². The number of hydrogen-bond donors (Lipinski definition) is 0. The first kappa shape index (κ1) is 11.1. The average Bonchev–Trinajstić information content (AvgIpc) is 2.28. The molecule has 0 amide bonds. The van der Waals surface area contributed by atoms with Crippen molar-refractivity contribution in [1.82, 2.24) is 15.0 Å². The summed E-state index contributed by atoms with van der Waals surface area (Å²) >= 11 is 0. The Kier molecular flexibility index (Phi) is 2.91. The maximum atomic E-state index is 5.63. The molecule has 0 aromatic carbocycles. The summed E-state index contributed by atoms with van der Waals surface area (Å²) in [5.74, 6) is 0.642. The first-order valence-electron chi connectivity index (χ1n) is 5.23. The monoisotopic (exact) mass is 224 g/mol. The highest BCUT2D eigenvalue weighted by Crippen LogP contribution is 2.20. The van der Waals surface area contributed by atoms with Gasteiger partial charge in [-0.15, -0.1) is 0 Å². The van der Waals surface area contributed by atoms with E-state index in [1.165, 1.54) is 6.33 Å². The highest BCUT2D eigenvalue weighted by Gasteiger charge is 2.28. The molecule has 1 aromatic rings. The van der Waals surface area contributed by atoms with Gasteiger partial charge in [0.25, 0.3) is 0 Å². The topological polar surface area (TPSA) is 60.4 Å². The van der Waals surface area contributed by atoms with Gasteiger partial charge in [0.1, 0.15) is 6.33 Å². The van der Waals surface area contributed by atoms with Crippen LogP contribution >= 0.6 is 0 Å². The zero-order chi connectivity index (χ0) is 11.6. The van der Waals surface area contributed by atoms with Crippen molar-refractivity contribution in [3.05, 3.63) is 6.33 Å². The summed E-state index contributed by atoms with van der Waals surface area (Å²) < 4.78 is 10.6. The molecule has 0 aliphatic carbocycles. The SMILES string of the molecule is COc1ncnc(N2CCOC(C)(C)C2)n1. The van der Waals surface area contributed by atoms with Crippen molar-refractivity contribution in [3.8, 4) is 6.01 Å². The molecule has 2 heterocycles. The predicted octanol–water partition coefficient (Wildman–Crippen LogP) is 0.495. The second-order valence-corrected chi connectivity index (χ2v) is 4.30. The van der Waals surface area contributed by atoms with Crippen molar-refractivity contribution < 1.29 is 9.47 Å². The predicted molar refractivity (Wildman–Crippen MR) is 58.6 cm³/mol. The Balaban J connectivity index is 2.16. The Morgan fingerprint density at radius 2 is 2.25 bits per heavy atom. The molecule has 0 N–H and O–H groups in total. The molecule has 0 unspecified atom stereocenters. The number of hydrogen-bond acceptors (Lipinski definition) is 6. The van der Waals surface area contributed by atoms with E-state index in [1.807, 2.05) is 0 Å². The van der Waals surface area contributed by atoms with Crippen molar-refractivity contribution in [2.75, 3.05) is 31.7 Å². The summed E-state index contributed by atoms with van der Waals surface area (Å²) in [5.41, 5.74) is -0.169. The number of morpholine rings is 1. The van der Waals surface area contributed by atoms with E-state index in [4.69, 9.17) is 9.47 Å². The first-order valence-corrected chi connectivity index (χ1v) is 5.23. The molecule has 88 valence electrons. The van der Waals surface area contributed by atoms with E-state index in [0.717, 1.165) is 13.1 Å². The van der Waals surface area contributed by atoms with Gasteiger partial charge in [-0.2, -0.15) is 9.97 Å². The van der Waals surface area contributed by atoms with Crippen molar-refractivity contribution in [3.63, 3.8) is 0 Å². The largest absolute Gasteiger partial charge is 0.467 e. The average molecular weight is 224 g/mol. The number of anilines is 1. The number of ether oxygens (including phenoxy) is 2. The third kappa shape index (κ3) is 2.38. The molecule has 0 spiro atoms. The lowest BCUT2D eigenvalue weighted by Crippen LogP contribution is -2.49. The smallest absolute Gasteiger partial charge is 0.320 e. The molecule has 6 heteroatoms. The van der Waals surface area contributed by atoms with Crippen molar-refractivity contribution >= 4 is 5.95 Å². The van der Waals surface area contributed by atoms with E-state index < -0.39 is 0 Å². The first-order chi connectivity index (χ1) is 7.61. The van der Waals surface area contributed by atoms with Crippen LogP contribution in [0.1, 0.15) is 13.8 Å². The second-order valence-electron chi connectivity index (χ2n) is 4.30. The summed E-state index contributed by atoms with van der Waals surface area (Å²) in [6.45, 7) is 6.34. The van der Waals surface area contributed by atoms with Crippen molar-refractivity contribution in [2.24, 2.45) is 0 Å². The molecule has 1 aromatic heterocycles. The molecule has 0 radical (unpaired) electrons. The molecule has 1 saturated heterocycles. The normalized spacial score (nSPS) is 19.6. The van der Waals surface area contributed by atoms with Crippen LogP contribution in [0.25, 0.3) is 0 Å². The van der Waals surface area contributed by atoms with Gasteiger partial charge >= 0.3 is 6.01 Å². The van der Waals surface area contributed by atoms with Gasteiger partial charge in [0, 0.05) is 13.1 Å². The Labute approximate surface area is 94.6 Å². The van der Waals surface area contributed by atoms with Crippen LogP contribution in [0.15, 0.2) is 6.33 Å². The summed E-state index contributed by atoms with van der Waals surface area (Å²) in [6.07, 6.45) is 1.46. The van der Waals surface area contributed by atoms with Crippen LogP contribution in [-0.4, -0.2) is 47.4 Å². The van der Waals surface area contributed by atoms with E-state index in [1.54, 1.807) is 7.11 Å². The zero-order valence-corrected chi connectivity index (χ0v) is 9.80. The van der Waals surface area contributed by atoms with Crippen LogP contribution in [0.5, 0.6) is 6.01 Å². The van der Waals surface area contributed by atoms with Crippen LogP contribution in [0, 0.1) is 0 Å². The Morgan fingerprint density at radius 3 is 2.94 bits per heavy atom. The lowest BCUT2D eigenvalue weighted by Gasteiger charge is -2.37. The summed E-state index contributed by atoms with van der Waals surface area (Å²) in [4.78, 5) is 14.3. The van der Waals surface area contributed by atoms with Crippen LogP contribution in [0.4, 0.5) is 5.95 Å². The van der Waals surface area contributed by atoms with Gasteiger partial charge in [0.05, 0.1) is 19.3 Å². The minimum Gasteiger partial charge on any atom is -0.467 e. The van der Waals surface area contributed by atoms with Gasteiger partial charge in [0.15, 0.2) is 0 Å². The van der Waals surface area contributed by atoms with Crippen molar-refractivity contribution in [2.45, 2.75) is 19.4 Å². The molecule has 1 fully saturated rings. The maximum absolute atomic E-state index is 5.63. The molecule has 0 saturated carbocycles. The van der Waals surface area contributed by atoms with Crippen LogP contribution in [0.3, 0.4) is 0 Å². The minimum atomic E-state index is -0.169. The Bertz CT molecular complexity index is 370. The molecule has 0 bridgehead atoms. The molecule has 16 heavy (non-hydrogen) atoms. The number of methoxy groups -OCH3 is 1. The Hall–Kier alpha value is -1.43. The number of aromatic nitrogens is 3.